The first-order chi connectivity index (χ1) is 13.3. The molecule has 0 spiro atoms. The highest BCUT2D eigenvalue weighted by Gasteiger charge is 2.30. The van der Waals surface area contributed by atoms with Crippen LogP contribution < -0.4 is 4.74 Å². The molecule has 1 amide bonds. The molecule has 1 unspecified atom stereocenters. The molecule has 0 radical (unpaired) electrons. The number of amides is 1. The van der Waals surface area contributed by atoms with Crippen molar-refractivity contribution in [3.8, 4) is 5.75 Å². The zero-order valence-corrected chi connectivity index (χ0v) is 15.8. The van der Waals surface area contributed by atoms with Crippen molar-refractivity contribution >= 4 is 5.91 Å². The second-order valence-electron chi connectivity index (χ2n) is 7.24. The number of ether oxygens (including phenoxy) is 1. The van der Waals surface area contributed by atoms with E-state index in [2.05, 4.69) is 0 Å². The van der Waals surface area contributed by atoms with E-state index in [1.54, 1.807) is 19.1 Å². The number of rotatable bonds is 5. The third-order valence-electron chi connectivity index (χ3n) is 5.14. The summed E-state index contributed by atoms with van der Waals surface area (Å²) in [6.45, 7) is 3.04. The molecule has 0 saturated carbocycles. The van der Waals surface area contributed by atoms with Crippen LogP contribution in [0, 0.1) is 5.92 Å². The fraction of sp³-hybridized carbons (Fsp3) is 0.409. The van der Waals surface area contributed by atoms with E-state index >= 15 is 0 Å². The van der Waals surface area contributed by atoms with Crippen molar-refractivity contribution in [2.24, 2.45) is 5.92 Å². The third-order valence-corrected chi connectivity index (χ3v) is 5.14. The van der Waals surface area contributed by atoms with Gasteiger partial charge in [0.15, 0.2) is 6.10 Å². The van der Waals surface area contributed by atoms with E-state index in [1.165, 1.54) is 0 Å². The van der Waals surface area contributed by atoms with Crippen LogP contribution >= 0.6 is 0 Å². The highest BCUT2D eigenvalue weighted by Crippen LogP contribution is 2.30. The topological polar surface area (TPSA) is 29.5 Å². The number of likely N-dealkylation sites (tertiary alicyclic amines) is 1. The Morgan fingerprint density at radius 1 is 1.07 bits per heavy atom. The van der Waals surface area contributed by atoms with Gasteiger partial charge in [-0.3, -0.25) is 4.79 Å². The summed E-state index contributed by atoms with van der Waals surface area (Å²) in [5.74, 6) is 1.00. The smallest absolute Gasteiger partial charge is 0.416 e. The standard InChI is InChI=1S/C22H24F3NO2/c1-16(28-20-5-3-2-4-6-20)21(27)26-13-11-18(12-14-26)15-17-7-9-19(10-8-17)22(23,24)25/h2-10,16,18H,11-15H2,1H3. The van der Waals surface area contributed by atoms with Crippen LogP contribution in [0.25, 0.3) is 0 Å². The Hall–Kier alpha value is -2.50. The zero-order chi connectivity index (χ0) is 20.1. The number of halogens is 3. The Balaban J connectivity index is 1.48. The molecule has 0 N–H and O–H groups in total. The minimum Gasteiger partial charge on any atom is -0.481 e. The van der Waals surface area contributed by atoms with E-state index in [-0.39, 0.29) is 5.91 Å². The summed E-state index contributed by atoms with van der Waals surface area (Å²) in [6, 6.07) is 14.6. The SMILES string of the molecule is CC(Oc1ccccc1)C(=O)N1CCC(Cc2ccc(C(F)(F)F)cc2)CC1. The molecule has 1 aliphatic heterocycles. The lowest BCUT2D eigenvalue weighted by Gasteiger charge is -2.33. The molecule has 0 aromatic heterocycles. The lowest BCUT2D eigenvalue weighted by Crippen LogP contribution is -2.45. The van der Waals surface area contributed by atoms with Crippen molar-refractivity contribution in [3.05, 3.63) is 65.7 Å². The van der Waals surface area contributed by atoms with Gasteiger partial charge in [-0.25, -0.2) is 0 Å². The Kier molecular flexibility index (Phi) is 6.27. The van der Waals surface area contributed by atoms with Gasteiger partial charge in [0.2, 0.25) is 0 Å². The van der Waals surface area contributed by atoms with Gasteiger partial charge in [-0.05, 0) is 61.9 Å². The number of benzene rings is 2. The number of nitrogens with zero attached hydrogens (tertiary/aromatic N) is 1. The molecule has 1 atom stereocenters. The molecule has 2 aromatic carbocycles. The van der Waals surface area contributed by atoms with Gasteiger partial charge in [0.1, 0.15) is 5.75 Å². The van der Waals surface area contributed by atoms with Crippen molar-refractivity contribution in [2.75, 3.05) is 13.1 Å². The first-order valence-corrected chi connectivity index (χ1v) is 9.49. The lowest BCUT2D eigenvalue weighted by molar-refractivity contribution is -0.139. The highest BCUT2D eigenvalue weighted by molar-refractivity contribution is 5.81. The summed E-state index contributed by atoms with van der Waals surface area (Å²) in [6.07, 6.45) is -2.44. The van der Waals surface area contributed by atoms with Gasteiger partial charge < -0.3 is 9.64 Å². The summed E-state index contributed by atoms with van der Waals surface area (Å²) in [4.78, 5) is 14.4. The van der Waals surface area contributed by atoms with E-state index in [9.17, 15) is 18.0 Å². The maximum Gasteiger partial charge on any atom is 0.416 e. The minimum atomic E-state index is -4.30. The molecule has 1 heterocycles. The summed E-state index contributed by atoms with van der Waals surface area (Å²) in [5.41, 5.74) is 0.280. The number of piperidine rings is 1. The number of para-hydroxylation sites is 1. The molecule has 1 saturated heterocycles. The molecule has 150 valence electrons. The maximum atomic E-state index is 12.7. The average molecular weight is 391 g/mol. The fourth-order valence-electron chi connectivity index (χ4n) is 3.53. The normalized spacial score (nSPS) is 16.6. The molecular weight excluding hydrogens is 367 g/mol. The highest BCUT2D eigenvalue weighted by atomic mass is 19.4. The quantitative estimate of drug-likeness (QED) is 0.721. The minimum absolute atomic E-state index is 0.0307. The van der Waals surface area contributed by atoms with Crippen LogP contribution in [0.3, 0.4) is 0 Å². The molecule has 3 rings (SSSR count). The van der Waals surface area contributed by atoms with Gasteiger partial charge in [-0.2, -0.15) is 13.2 Å². The van der Waals surface area contributed by atoms with Crippen molar-refractivity contribution in [1.82, 2.24) is 4.90 Å². The van der Waals surface area contributed by atoms with Gasteiger partial charge in [0.05, 0.1) is 5.56 Å². The van der Waals surface area contributed by atoms with Crippen LogP contribution in [-0.2, 0) is 17.4 Å². The number of alkyl halides is 3. The average Bonchev–Trinajstić information content (AvgIpc) is 2.68. The predicted molar refractivity (Wildman–Crippen MR) is 101 cm³/mol. The molecule has 3 nitrogen and oxygen atoms in total. The number of hydrogen-bond donors (Lipinski definition) is 0. The second-order valence-corrected chi connectivity index (χ2v) is 7.24. The molecule has 28 heavy (non-hydrogen) atoms. The van der Waals surface area contributed by atoms with Crippen LogP contribution in [-0.4, -0.2) is 30.0 Å². The Bertz CT molecular complexity index is 767. The van der Waals surface area contributed by atoms with E-state index in [0.717, 1.165) is 37.0 Å². The van der Waals surface area contributed by atoms with Crippen LogP contribution in [0.5, 0.6) is 5.75 Å². The van der Waals surface area contributed by atoms with Crippen molar-refractivity contribution in [1.29, 1.82) is 0 Å². The van der Waals surface area contributed by atoms with Crippen molar-refractivity contribution in [2.45, 2.75) is 38.5 Å². The molecule has 0 bridgehead atoms. The Morgan fingerprint density at radius 3 is 2.25 bits per heavy atom. The monoisotopic (exact) mass is 391 g/mol. The summed E-state index contributed by atoms with van der Waals surface area (Å²) in [5, 5.41) is 0. The number of hydrogen-bond acceptors (Lipinski definition) is 2. The summed E-state index contributed by atoms with van der Waals surface area (Å²) >= 11 is 0. The largest absolute Gasteiger partial charge is 0.481 e. The van der Waals surface area contributed by atoms with Crippen LogP contribution in [0.1, 0.15) is 30.9 Å². The Labute approximate surface area is 163 Å². The van der Waals surface area contributed by atoms with E-state index in [4.69, 9.17) is 4.74 Å². The van der Waals surface area contributed by atoms with Gasteiger partial charge in [0.25, 0.3) is 5.91 Å². The molecule has 2 aromatic rings. The third kappa shape index (κ3) is 5.27. The Morgan fingerprint density at radius 2 is 1.68 bits per heavy atom. The number of carbonyl (C=O) groups is 1. The van der Waals surface area contributed by atoms with Gasteiger partial charge >= 0.3 is 6.18 Å². The summed E-state index contributed by atoms with van der Waals surface area (Å²) < 4.78 is 43.7. The maximum absolute atomic E-state index is 12.7. The predicted octanol–water partition coefficient (Wildman–Crippen LogP) is 4.95. The molecule has 1 aliphatic rings. The van der Waals surface area contributed by atoms with E-state index < -0.39 is 17.8 Å². The molecular formula is C22H24F3NO2. The fourth-order valence-corrected chi connectivity index (χ4v) is 3.53. The van der Waals surface area contributed by atoms with Gasteiger partial charge in [0, 0.05) is 13.1 Å². The first-order valence-electron chi connectivity index (χ1n) is 9.49. The van der Waals surface area contributed by atoms with Gasteiger partial charge in [-0.1, -0.05) is 30.3 Å². The van der Waals surface area contributed by atoms with E-state index in [0.29, 0.717) is 24.8 Å². The van der Waals surface area contributed by atoms with Crippen molar-refractivity contribution in [3.63, 3.8) is 0 Å². The second kappa shape index (κ2) is 8.67. The van der Waals surface area contributed by atoms with Crippen LogP contribution in [0.4, 0.5) is 13.2 Å². The number of carbonyl (C=O) groups excluding carboxylic acids is 1. The van der Waals surface area contributed by atoms with Crippen molar-refractivity contribution < 1.29 is 22.7 Å². The van der Waals surface area contributed by atoms with E-state index in [1.807, 2.05) is 35.2 Å². The molecule has 1 fully saturated rings. The van der Waals surface area contributed by atoms with Crippen LogP contribution in [0.2, 0.25) is 0 Å². The molecule has 6 heteroatoms. The lowest BCUT2D eigenvalue weighted by atomic mass is 9.89. The molecule has 0 aliphatic carbocycles. The first kappa shape index (κ1) is 20.2. The summed E-state index contributed by atoms with van der Waals surface area (Å²) in [7, 11) is 0. The van der Waals surface area contributed by atoms with Crippen LogP contribution in [0.15, 0.2) is 54.6 Å². The zero-order valence-electron chi connectivity index (χ0n) is 15.8. The van der Waals surface area contributed by atoms with Gasteiger partial charge in [-0.15, -0.1) is 0 Å².